The average molecular weight is 2100 g/mol. The first-order chi connectivity index (χ1) is 68.1. The molecule has 20 atom stereocenters. The molecule has 9 aromatic rings. The summed E-state index contributed by atoms with van der Waals surface area (Å²) in [4.78, 5) is 206. The summed E-state index contributed by atoms with van der Waals surface area (Å²) in [6.07, 6.45) is -16.6. The van der Waals surface area contributed by atoms with Crippen LogP contribution in [0.25, 0.3) is 20.7 Å². The number of carbonyl (C=O) groups excluding carboxylic acids is 7. The quantitative estimate of drug-likeness (QED) is 0.0196. The van der Waals surface area contributed by atoms with E-state index in [0.717, 1.165) is 44.4 Å². The molecule has 15 heterocycles. The third kappa shape index (κ3) is 22.9. The molecule has 144 heavy (non-hydrogen) atoms. The SMILES string of the molecule is C=C(C)O[C@@H]1[C@H](COC(C)=O)[C@@H](COC(C)=O)O[C@H]1n1c(=O)sc2c(=O)[nH]c(N)nc21.C=C1Sc2c(nc(N)[nH]c2=O)N1[C@@H]1O[C@H](CCOC(C)=O)[C@@H](OC(C)=O)[C@H]1OC(C)=O.C=C1Sc2c(nc(N)[nH]c2=O)N1[C@@H]1O[C@H](CO)[C@@H](CO)[C@H]1O.C=C1Sc2c(nc(N)[nH]c2=O)N1[C@@H]1O[C@H](CO)[C@@](C)(O)[C@H]1O.C[C@@]1(O)[C@@H](COC(=O)c2ccccc2)O[C@@H](n2c(=O)sc3c(=O)[nH]c(N)nc32)[C@@H]1OC(=O)c1ccccc1. The van der Waals surface area contributed by atoms with Crippen LogP contribution in [0.4, 0.5) is 47.2 Å². The van der Waals surface area contributed by atoms with Crippen molar-refractivity contribution in [2.45, 2.75) is 186 Å². The van der Waals surface area contributed by atoms with Crippen LogP contribution >= 0.6 is 58.0 Å². The van der Waals surface area contributed by atoms with Crippen molar-refractivity contribution in [2.24, 2.45) is 11.8 Å². The highest BCUT2D eigenvalue weighted by molar-refractivity contribution is 8.04. The number of aromatic amines is 5. The number of H-pyrrole nitrogens is 5. The Bertz CT molecular complexity index is 6910. The molecule has 0 radical (unpaired) electrons. The zero-order chi connectivity index (χ0) is 105. The van der Waals surface area contributed by atoms with Gasteiger partial charge in [-0.1, -0.05) is 121 Å². The number of aromatic nitrogens is 12. The van der Waals surface area contributed by atoms with E-state index >= 15 is 0 Å². The van der Waals surface area contributed by atoms with E-state index in [2.05, 4.69) is 76.2 Å². The van der Waals surface area contributed by atoms with Gasteiger partial charge in [0.2, 0.25) is 29.7 Å². The minimum Gasteiger partial charge on any atom is -0.490 e. The summed E-state index contributed by atoms with van der Waals surface area (Å²) in [5, 5.41) is 71.7. The molecule has 0 aliphatic carbocycles. The Hall–Kier alpha value is -13.8. The van der Waals surface area contributed by atoms with Gasteiger partial charge in [-0.05, 0) is 45.0 Å². The largest absolute Gasteiger partial charge is 0.490 e. The maximum atomic E-state index is 13.0. The maximum Gasteiger partial charge on any atom is 0.338 e. The van der Waals surface area contributed by atoms with Crippen LogP contribution in [-0.4, -0.2) is 280 Å². The number of hydrogen-bond donors (Lipinski definition) is 17. The van der Waals surface area contributed by atoms with Crippen LogP contribution in [0.3, 0.4) is 0 Å². The summed E-state index contributed by atoms with van der Waals surface area (Å²) in [6, 6.07) is 16.2. The Morgan fingerprint density at radius 3 is 1.31 bits per heavy atom. The highest BCUT2D eigenvalue weighted by Crippen LogP contribution is 2.51. The van der Waals surface area contributed by atoms with Crippen molar-refractivity contribution >= 4 is 168 Å². The highest BCUT2D eigenvalue weighted by atomic mass is 32.2. The zero-order valence-corrected chi connectivity index (χ0v) is 81.3. The fourth-order valence-electron chi connectivity index (χ4n) is 16.1. The van der Waals surface area contributed by atoms with Gasteiger partial charge in [-0.2, -0.15) is 24.9 Å². The van der Waals surface area contributed by atoms with Gasteiger partial charge in [0.15, 0.2) is 84.3 Å². The Morgan fingerprint density at radius 1 is 0.438 bits per heavy atom. The first-order valence-electron chi connectivity index (χ1n) is 43.0. The smallest absolute Gasteiger partial charge is 0.338 e. The third-order valence-corrected chi connectivity index (χ3v) is 27.6. The Kier molecular flexibility index (Phi) is 33.3. The number of esters is 7. The summed E-state index contributed by atoms with van der Waals surface area (Å²) >= 11 is 4.48. The van der Waals surface area contributed by atoms with E-state index in [9.17, 15) is 103 Å². The molecular weight excluding hydrogens is 2010 g/mol. The molecule has 8 aliphatic rings. The van der Waals surface area contributed by atoms with E-state index in [1.54, 1.807) is 55.5 Å². The lowest BCUT2D eigenvalue weighted by molar-refractivity contribution is -0.164. The van der Waals surface area contributed by atoms with Gasteiger partial charge in [0, 0.05) is 47.0 Å². The number of thioether (sulfide) groups is 3. The van der Waals surface area contributed by atoms with Gasteiger partial charge in [0.1, 0.15) is 91.7 Å². The lowest BCUT2D eigenvalue weighted by Crippen LogP contribution is -2.49. The second-order valence-corrected chi connectivity index (χ2v) is 38.1. The van der Waals surface area contributed by atoms with Gasteiger partial charge in [-0.3, -0.25) is 106 Å². The van der Waals surface area contributed by atoms with Crippen LogP contribution in [0.15, 0.2) is 156 Å². The van der Waals surface area contributed by atoms with Gasteiger partial charge < -0.3 is 126 Å². The van der Waals surface area contributed by atoms with Crippen LogP contribution in [0.2, 0.25) is 0 Å². The number of carbonyl (C=O) groups is 7. The van der Waals surface area contributed by atoms with Crippen LogP contribution < -0.4 is 80.9 Å². The Labute approximate surface area is 830 Å². The van der Waals surface area contributed by atoms with Gasteiger partial charge in [-0.15, -0.1) is 0 Å². The van der Waals surface area contributed by atoms with E-state index in [4.69, 9.17) is 90.2 Å². The van der Waals surface area contributed by atoms with Crippen molar-refractivity contribution in [1.29, 1.82) is 0 Å². The molecule has 0 bridgehead atoms. The van der Waals surface area contributed by atoms with E-state index < -0.39 is 214 Å². The number of hydrogen-bond acceptors (Lipinski definition) is 52. The maximum absolute atomic E-state index is 13.0. The van der Waals surface area contributed by atoms with Gasteiger partial charge in [-0.25, -0.2) is 9.59 Å². The summed E-state index contributed by atoms with van der Waals surface area (Å²) in [5.41, 5.74) is 22.5. The van der Waals surface area contributed by atoms with Crippen LogP contribution in [0, 0.1) is 11.8 Å². The van der Waals surface area contributed by atoms with Gasteiger partial charge in [0.05, 0.1) is 70.4 Å². The molecule has 0 spiro atoms. The number of nitrogens with one attached hydrogen (secondary N) is 5. The number of nitrogens with two attached hydrogens (primary N) is 5. The number of aliphatic hydroxyl groups excluding tert-OH is 5. The van der Waals surface area contributed by atoms with Crippen molar-refractivity contribution in [3.8, 4) is 0 Å². The fraction of sp³-hybridized carbons (Fsp3) is 0.424. The monoisotopic (exact) mass is 2100 g/mol. The number of anilines is 8. The minimum atomic E-state index is -1.94. The molecule has 0 saturated carbocycles. The summed E-state index contributed by atoms with van der Waals surface area (Å²) in [7, 11) is 0. The summed E-state index contributed by atoms with van der Waals surface area (Å²) in [6.45, 7) is 23.9. The molecule has 2 aromatic carbocycles. The average Bonchev–Trinajstić information content (AvgIpc) is 1.59. The molecule has 17 rings (SSSR count). The van der Waals surface area contributed by atoms with E-state index in [1.807, 2.05) is 0 Å². The summed E-state index contributed by atoms with van der Waals surface area (Å²) in [5.74, 6) is -5.22. The number of nitrogens with zero attached hydrogens (tertiary/aromatic N) is 10. The van der Waals surface area contributed by atoms with Crippen LogP contribution in [-0.2, 0) is 85.6 Å². The van der Waals surface area contributed by atoms with E-state index in [1.165, 1.54) is 75.3 Å². The Balaban J connectivity index is 0.000000153. The number of allylic oxidation sites excluding steroid dienone is 1. The topological polar surface area (TPSA) is 794 Å². The van der Waals surface area contributed by atoms with Crippen LogP contribution in [0.1, 0.15) is 95.0 Å². The van der Waals surface area contributed by atoms with Crippen molar-refractivity contribution in [3.63, 3.8) is 0 Å². The molecule has 7 aromatic heterocycles. The number of aliphatic hydroxyl groups is 7. The standard InChI is InChI=1S/C25H22N4O8S.2C18H22N4O8S.2C12H16N4O5S/c1-25(34)15(12-35-21(31)13-8-4-2-5-9-13)36-20(17(25)37-22(32)14-10-6-3-7-11-14)29-18-16(38-24(29)33)19(30)28-23(26)27-18;1-7(2)29-12-10(5-27-8(3)23)11(6-28-9(4)24)30-16(12)22-14-13(31-18(22)26)15(25)21-17(19)20-14;1-7-22(15-14(31-7)16(26)21-18(19)20-15)17-13(29-10(4)25)12(28-9(3)24)11(30-17)5-6-27-8(2)23;1-4-16(8-6(22-4)9(19)15-11(13)14-8)10-7(18)12(2,20)5(3-17)21-10;1-4-16(9-8(22-4)10(20)15-12(13)14-9)11-7(19)5(2-17)6(3-18)21-11/h2-11,15,17,20,34H,12H2,1H3,(H3,26,27,28,30);10-12,16H,1,5-6H2,2-4H3,(H3,19,20,21,25);11-13,17H,1,5-6H2,2-4H3,(H3,19,20,21,26);5,7,10,17-18,20H,1,3H2,2H3,(H3,13,14,15,19);5-7,11,17-19H,1-3H2,(H3,13,14,15,20)/t15-,17+,20-,25-;10-,11-,12-,16-;11-,12-,13-,17-;5-,7+,10-,12-;5-,6-,7-,11-/m11111/s1. The molecule has 772 valence electrons. The summed E-state index contributed by atoms with van der Waals surface area (Å²) < 4.78 is 74.4. The number of rotatable bonds is 24. The van der Waals surface area contributed by atoms with Gasteiger partial charge in [0.25, 0.3) is 27.8 Å². The fourth-order valence-corrected chi connectivity index (χ4v) is 20.5. The highest BCUT2D eigenvalue weighted by Gasteiger charge is 2.60. The molecule has 54 nitrogen and oxygen atoms in total. The number of nitrogen functional groups attached to an aromatic ring is 5. The van der Waals surface area contributed by atoms with Crippen molar-refractivity contribution in [1.82, 2.24) is 59.0 Å². The van der Waals surface area contributed by atoms with Gasteiger partial charge >= 0.3 is 51.5 Å². The Morgan fingerprint density at radius 2 is 0.861 bits per heavy atom. The van der Waals surface area contributed by atoms with E-state index in [0.29, 0.717) is 48.4 Å². The first kappa shape index (κ1) is 108. The molecule has 5 saturated heterocycles. The number of benzene rings is 2. The predicted molar refractivity (Wildman–Crippen MR) is 511 cm³/mol. The molecule has 59 heteroatoms. The number of ether oxygens (including phenoxy) is 13. The lowest BCUT2D eigenvalue weighted by Gasteiger charge is -2.30. The third-order valence-electron chi connectivity index (χ3n) is 22.7. The molecular formula is C85H98N20O34S5. The molecule has 22 N–H and O–H groups in total. The molecule has 0 amide bonds. The van der Waals surface area contributed by atoms with E-state index in [-0.39, 0.29) is 128 Å². The normalized spacial score (nSPS) is 26.2. The number of thiazole rings is 2. The molecule has 5 fully saturated rings. The molecule has 0 unspecified atom stereocenters. The predicted octanol–water partition coefficient (Wildman–Crippen LogP) is -0.990. The number of fused-ring (bicyclic) bond motifs is 5. The van der Waals surface area contributed by atoms with Crippen LogP contribution in [0.5, 0.6) is 0 Å². The van der Waals surface area contributed by atoms with Crippen molar-refractivity contribution < 1.29 is 131 Å². The second kappa shape index (κ2) is 44.6. The minimum absolute atomic E-state index is 0.00553. The zero-order valence-electron chi connectivity index (χ0n) is 77.2. The lowest BCUT2D eigenvalue weighted by atomic mass is 9.94. The molecule has 8 aliphatic heterocycles. The van der Waals surface area contributed by atoms with Crippen molar-refractivity contribution in [2.75, 3.05) is 89.6 Å². The van der Waals surface area contributed by atoms with Crippen molar-refractivity contribution in [3.05, 3.63) is 190 Å². The first-order valence-corrected chi connectivity index (χ1v) is 47.1. The second-order valence-electron chi connectivity index (χ2n) is 32.9.